The van der Waals surface area contributed by atoms with Crippen molar-refractivity contribution in [3.8, 4) is 0 Å². The molecule has 2 aromatic rings. The zero-order valence-corrected chi connectivity index (χ0v) is 18.8. The molecule has 2 aliphatic heterocycles. The summed E-state index contributed by atoms with van der Waals surface area (Å²) in [5.41, 5.74) is 1.73. The van der Waals surface area contributed by atoms with Crippen LogP contribution in [0.4, 0.5) is 10.5 Å². The Bertz CT molecular complexity index is 932. The van der Waals surface area contributed by atoms with E-state index in [4.69, 9.17) is 23.2 Å². The van der Waals surface area contributed by atoms with E-state index in [-0.39, 0.29) is 11.9 Å². The van der Waals surface area contributed by atoms with Gasteiger partial charge in [-0.1, -0.05) is 59.6 Å². The van der Waals surface area contributed by atoms with Gasteiger partial charge in [0.2, 0.25) is 5.91 Å². The molecular formula is C23H26Cl2N4O2. The molecule has 0 aliphatic carbocycles. The van der Waals surface area contributed by atoms with Crippen molar-refractivity contribution in [2.45, 2.75) is 25.4 Å². The minimum atomic E-state index is -0.432. The van der Waals surface area contributed by atoms with Crippen LogP contribution in [0.5, 0.6) is 0 Å². The lowest BCUT2D eigenvalue weighted by molar-refractivity contribution is -0.136. The van der Waals surface area contributed by atoms with E-state index < -0.39 is 6.04 Å². The molecule has 0 radical (unpaired) electrons. The maximum atomic E-state index is 13.2. The number of nitrogens with zero attached hydrogens (tertiary/aromatic N) is 3. The van der Waals surface area contributed by atoms with Crippen molar-refractivity contribution < 1.29 is 9.59 Å². The maximum Gasteiger partial charge on any atom is 0.322 e. The summed E-state index contributed by atoms with van der Waals surface area (Å²) < 4.78 is 0. The monoisotopic (exact) mass is 460 g/mol. The topological polar surface area (TPSA) is 55.9 Å². The van der Waals surface area contributed by atoms with E-state index in [1.54, 1.807) is 23.1 Å². The molecule has 0 saturated carbocycles. The number of hydrogen-bond donors (Lipinski definition) is 1. The Morgan fingerprint density at radius 2 is 1.68 bits per heavy atom. The predicted molar refractivity (Wildman–Crippen MR) is 124 cm³/mol. The summed E-state index contributed by atoms with van der Waals surface area (Å²) in [5, 5.41) is 3.48. The molecule has 164 valence electrons. The number of anilines is 1. The highest BCUT2D eigenvalue weighted by Gasteiger charge is 2.37. The lowest BCUT2D eigenvalue weighted by Crippen LogP contribution is -2.54. The van der Waals surface area contributed by atoms with Crippen LogP contribution >= 0.6 is 23.2 Å². The van der Waals surface area contributed by atoms with Gasteiger partial charge in [-0.2, -0.15) is 0 Å². The molecule has 1 N–H and O–H groups in total. The minimum Gasteiger partial charge on any atom is -0.338 e. The number of halogens is 2. The van der Waals surface area contributed by atoms with Crippen LogP contribution in [0.1, 0.15) is 18.4 Å². The summed E-state index contributed by atoms with van der Waals surface area (Å²) in [5.74, 6) is 0.0317. The van der Waals surface area contributed by atoms with Crippen LogP contribution in [-0.2, 0) is 11.3 Å². The van der Waals surface area contributed by atoms with Crippen molar-refractivity contribution in [1.82, 2.24) is 14.7 Å². The number of nitrogens with one attached hydrogen (secondary N) is 1. The minimum absolute atomic E-state index is 0.0317. The van der Waals surface area contributed by atoms with Gasteiger partial charge in [-0.3, -0.25) is 9.69 Å². The first kappa shape index (κ1) is 21.9. The van der Waals surface area contributed by atoms with Gasteiger partial charge >= 0.3 is 6.03 Å². The van der Waals surface area contributed by atoms with E-state index in [1.807, 2.05) is 23.1 Å². The highest BCUT2D eigenvalue weighted by molar-refractivity contribution is 6.43. The molecule has 31 heavy (non-hydrogen) atoms. The molecule has 2 aliphatic rings. The number of rotatable bonds is 4. The van der Waals surface area contributed by atoms with Crippen LogP contribution < -0.4 is 5.32 Å². The van der Waals surface area contributed by atoms with E-state index in [0.717, 1.165) is 26.1 Å². The quantitative estimate of drug-likeness (QED) is 0.738. The summed E-state index contributed by atoms with van der Waals surface area (Å²) in [6, 6.07) is 14.7. The largest absolute Gasteiger partial charge is 0.338 e. The molecule has 0 spiro atoms. The Hall–Kier alpha value is -2.28. The number of benzene rings is 2. The molecule has 8 heteroatoms. The molecule has 3 amide bonds. The number of hydrogen-bond acceptors (Lipinski definition) is 3. The van der Waals surface area contributed by atoms with Gasteiger partial charge in [-0.25, -0.2) is 4.79 Å². The number of likely N-dealkylation sites (tertiary alicyclic amines) is 1. The molecule has 2 fully saturated rings. The van der Waals surface area contributed by atoms with Crippen LogP contribution in [0, 0.1) is 0 Å². The highest BCUT2D eigenvalue weighted by atomic mass is 35.5. The summed E-state index contributed by atoms with van der Waals surface area (Å²) in [7, 11) is 0. The van der Waals surface area contributed by atoms with Gasteiger partial charge in [0.1, 0.15) is 6.04 Å². The molecule has 6 nitrogen and oxygen atoms in total. The third-order valence-electron chi connectivity index (χ3n) is 5.92. The molecule has 1 unspecified atom stereocenters. The van der Waals surface area contributed by atoms with Gasteiger partial charge < -0.3 is 15.1 Å². The average Bonchev–Trinajstić information content (AvgIpc) is 3.28. The molecule has 2 heterocycles. The van der Waals surface area contributed by atoms with Crippen LogP contribution in [-0.4, -0.2) is 65.4 Å². The Morgan fingerprint density at radius 3 is 2.42 bits per heavy atom. The predicted octanol–water partition coefficient (Wildman–Crippen LogP) is 4.33. The number of carbonyl (C=O) groups is 2. The van der Waals surface area contributed by atoms with Crippen LogP contribution in [0.25, 0.3) is 0 Å². The van der Waals surface area contributed by atoms with Gasteiger partial charge in [-0.15, -0.1) is 0 Å². The highest BCUT2D eigenvalue weighted by Crippen LogP contribution is 2.30. The molecule has 4 rings (SSSR count). The zero-order valence-electron chi connectivity index (χ0n) is 17.3. The van der Waals surface area contributed by atoms with Crippen molar-refractivity contribution in [2.24, 2.45) is 0 Å². The van der Waals surface area contributed by atoms with E-state index in [9.17, 15) is 9.59 Å². The summed E-state index contributed by atoms with van der Waals surface area (Å²) in [6.07, 6.45) is 1.49. The van der Waals surface area contributed by atoms with Crippen LogP contribution in [0.2, 0.25) is 10.0 Å². The maximum absolute atomic E-state index is 13.2. The van der Waals surface area contributed by atoms with Crippen molar-refractivity contribution >= 4 is 40.8 Å². The second-order valence-corrected chi connectivity index (χ2v) is 8.76. The van der Waals surface area contributed by atoms with Gasteiger partial charge in [0.05, 0.1) is 15.7 Å². The fourth-order valence-corrected chi connectivity index (χ4v) is 4.58. The van der Waals surface area contributed by atoms with Crippen molar-refractivity contribution in [2.75, 3.05) is 38.0 Å². The fourth-order valence-electron chi connectivity index (χ4n) is 4.23. The number of carbonyl (C=O) groups excluding carboxylic acids is 2. The lowest BCUT2D eigenvalue weighted by atomic mass is 10.1. The third-order valence-corrected chi connectivity index (χ3v) is 6.74. The SMILES string of the molecule is O=C(C1CCCN1C(=O)Nc1cccc(Cl)c1Cl)N1CCN(Cc2ccccc2)CC1. The summed E-state index contributed by atoms with van der Waals surface area (Å²) in [4.78, 5) is 31.9. The number of piperazine rings is 1. The van der Waals surface area contributed by atoms with E-state index >= 15 is 0 Å². The molecule has 2 saturated heterocycles. The second kappa shape index (κ2) is 9.90. The van der Waals surface area contributed by atoms with Gasteiger partial charge in [0.25, 0.3) is 0 Å². The molecule has 1 atom stereocenters. The average molecular weight is 461 g/mol. The fraction of sp³-hybridized carbons (Fsp3) is 0.391. The number of amides is 3. The first-order chi connectivity index (χ1) is 15.0. The standard InChI is InChI=1S/C23H26Cl2N4O2/c24-18-8-4-9-19(21(18)25)26-23(31)29-11-5-10-20(29)22(30)28-14-12-27(13-15-28)16-17-6-2-1-3-7-17/h1-4,6-9,20H,5,10-16H2,(H,26,31). The molecule has 0 aromatic heterocycles. The van der Waals surface area contributed by atoms with E-state index in [0.29, 0.717) is 41.8 Å². The third kappa shape index (κ3) is 5.14. The van der Waals surface area contributed by atoms with Gasteiger partial charge in [-0.05, 0) is 30.5 Å². The zero-order chi connectivity index (χ0) is 21.8. The van der Waals surface area contributed by atoms with Crippen molar-refractivity contribution in [3.05, 3.63) is 64.1 Å². The lowest BCUT2D eigenvalue weighted by Gasteiger charge is -2.37. The molecule has 2 aromatic carbocycles. The van der Waals surface area contributed by atoms with Crippen molar-refractivity contribution in [1.29, 1.82) is 0 Å². The van der Waals surface area contributed by atoms with Gasteiger partial charge in [0.15, 0.2) is 0 Å². The van der Waals surface area contributed by atoms with Crippen molar-refractivity contribution in [3.63, 3.8) is 0 Å². The Labute approximate surface area is 192 Å². The Morgan fingerprint density at radius 1 is 0.935 bits per heavy atom. The first-order valence-corrected chi connectivity index (χ1v) is 11.4. The van der Waals surface area contributed by atoms with Gasteiger partial charge in [0, 0.05) is 39.3 Å². The van der Waals surface area contributed by atoms with E-state index in [2.05, 4.69) is 22.3 Å². The van der Waals surface area contributed by atoms with Crippen LogP contribution in [0.3, 0.4) is 0 Å². The normalized spacial score (nSPS) is 19.5. The smallest absolute Gasteiger partial charge is 0.322 e. The second-order valence-electron chi connectivity index (χ2n) is 7.97. The first-order valence-electron chi connectivity index (χ1n) is 10.6. The van der Waals surface area contributed by atoms with Crippen LogP contribution in [0.15, 0.2) is 48.5 Å². The summed E-state index contributed by atoms with van der Waals surface area (Å²) in [6.45, 7) is 4.46. The number of urea groups is 1. The Kier molecular flexibility index (Phi) is 7.00. The van der Waals surface area contributed by atoms with E-state index in [1.165, 1.54) is 5.56 Å². The molecular weight excluding hydrogens is 435 g/mol. The Balaban J connectivity index is 1.34. The molecule has 0 bridgehead atoms. The summed E-state index contributed by atoms with van der Waals surface area (Å²) >= 11 is 12.2.